The zero-order valence-corrected chi connectivity index (χ0v) is 19.5. The van der Waals surface area contributed by atoms with Crippen molar-refractivity contribution in [2.24, 2.45) is 0 Å². The number of carbonyl (C=O) groups excluding carboxylic acids is 1. The second-order valence-electron chi connectivity index (χ2n) is 7.71. The van der Waals surface area contributed by atoms with Crippen LogP contribution in [0.5, 0.6) is 0 Å². The smallest absolute Gasteiger partial charge is 0.266 e. The van der Waals surface area contributed by atoms with Crippen LogP contribution in [0.3, 0.4) is 0 Å². The number of nitrogens with zero attached hydrogens (tertiary/aromatic N) is 3. The number of sulfone groups is 1. The van der Waals surface area contributed by atoms with Gasteiger partial charge in [-0.2, -0.15) is 4.98 Å². The molecule has 5 rings (SSSR count). The zero-order valence-electron chi connectivity index (χ0n) is 17.9. The molecule has 0 N–H and O–H groups in total. The first-order valence-electron chi connectivity index (χ1n) is 10.6. The second kappa shape index (κ2) is 9.00. The number of carbonyl (C=O) groups is 1. The summed E-state index contributed by atoms with van der Waals surface area (Å²) in [5.74, 6) is 0.434. The standard InChI is InChI=1S/C24H20ClN3O5S/c25-18-8-10-19(11-9-18)34(30,31)22-24(33-21(26-22)20-7-4-16-32-20)28-14-12-27(13-15-28)23(29)17-5-2-1-3-6-17/h1-11,16H,12-15H2. The van der Waals surface area contributed by atoms with Crippen LogP contribution in [-0.2, 0) is 9.84 Å². The number of benzene rings is 2. The van der Waals surface area contributed by atoms with Crippen molar-refractivity contribution in [1.82, 2.24) is 9.88 Å². The summed E-state index contributed by atoms with van der Waals surface area (Å²) < 4.78 is 38.2. The summed E-state index contributed by atoms with van der Waals surface area (Å²) in [4.78, 5) is 20.7. The SMILES string of the molecule is O=C(c1ccccc1)N1CCN(c2oc(-c3ccco3)nc2S(=O)(=O)c2ccc(Cl)cc2)CC1. The minimum atomic E-state index is -4.01. The van der Waals surface area contributed by atoms with Crippen LogP contribution in [-0.4, -0.2) is 50.4 Å². The summed E-state index contributed by atoms with van der Waals surface area (Å²) in [5, 5.41) is 0.221. The average molecular weight is 498 g/mol. The summed E-state index contributed by atoms with van der Waals surface area (Å²) in [5.41, 5.74) is 0.613. The lowest BCUT2D eigenvalue weighted by Crippen LogP contribution is -2.49. The number of aromatic nitrogens is 1. The lowest BCUT2D eigenvalue weighted by atomic mass is 10.2. The second-order valence-corrected chi connectivity index (χ2v) is 10.0. The number of anilines is 1. The molecule has 1 aliphatic rings. The maximum absolute atomic E-state index is 13.5. The lowest BCUT2D eigenvalue weighted by molar-refractivity contribution is 0.0745. The highest BCUT2D eigenvalue weighted by Gasteiger charge is 2.34. The van der Waals surface area contributed by atoms with Crippen molar-refractivity contribution in [1.29, 1.82) is 0 Å². The van der Waals surface area contributed by atoms with Gasteiger partial charge < -0.3 is 18.6 Å². The van der Waals surface area contributed by atoms with Crippen molar-refractivity contribution in [3.05, 3.63) is 83.6 Å². The van der Waals surface area contributed by atoms with Gasteiger partial charge in [0.15, 0.2) is 5.76 Å². The van der Waals surface area contributed by atoms with Crippen molar-refractivity contribution >= 4 is 33.2 Å². The van der Waals surface area contributed by atoms with E-state index < -0.39 is 9.84 Å². The van der Waals surface area contributed by atoms with Crippen LogP contribution in [0, 0.1) is 0 Å². The lowest BCUT2D eigenvalue weighted by Gasteiger charge is -2.34. The summed E-state index contributed by atoms with van der Waals surface area (Å²) in [7, 11) is -4.01. The van der Waals surface area contributed by atoms with Gasteiger partial charge in [-0.3, -0.25) is 4.79 Å². The zero-order chi connectivity index (χ0) is 23.7. The Morgan fingerprint density at radius 3 is 2.26 bits per heavy atom. The molecule has 0 bridgehead atoms. The Bertz CT molecular complexity index is 1390. The van der Waals surface area contributed by atoms with Gasteiger partial charge >= 0.3 is 0 Å². The molecule has 0 saturated carbocycles. The summed E-state index contributed by atoms with van der Waals surface area (Å²) in [6, 6.07) is 18.2. The molecule has 0 aliphatic carbocycles. The highest BCUT2D eigenvalue weighted by atomic mass is 35.5. The maximum atomic E-state index is 13.5. The van der Waals surface area contributed by atoms with Gasteiger partial charge in [-0.05, 0) is 48.5 Å². The van der Waals surface area contributed by atoms with Crippen molar-refractivity contribution in [2.45, 2.75) is 9.92 Å². The predicted octanol–water partition coefficient (Wildman–Crippen LogP) is 4.38. The monoisotopic (exact) mass is 497 g/mol. The molecule has 1 amide bonds. The molecule has 10 heteroatoms. The van der Waals surface area contributed by atoms with E-state index in [-0.39, 0.29) is 27.6 Å². The largest absolute Gasteiger partial charge is 0.459 e. The van der Waals surface area contributed by atoms with E-state index >= 15 is 0 Å². The molecule has 1 fully saturated rings. The maximum Gasteiger partial charge on any atom is 0.266 e. The molecular formula is C24H20ClN3O5S. The molecule has 0 radical (unpaired) electrons. The van der Waals surface area contributed by atoms with Gasteiger partial charge in [0.05, 0.1) is 11.2 Å². The van der Waals surface area contributed by atoms with Crippen LogP contribution in [0.15, 0.2) is 91.7 Å². The molecule has 0 unspecified atom stereocenters. The number of amides is 1. The molecule has 0 spiro atoms. The average Bonchev–Trinajstić information content (AvgIpc) is 3.55. The van der Waals surface area contributed by atoms with Crippen LogP contribution in [0.4, 0.5) is 5.88 Å². The number of rotatable bonds is 5. The first-order valence-corrected chi connectivity index (χ1v) is 12.4. The van der Waals surface area contributed by atoms with E-state index in [0.29, 0.717) is 42.5 Å². The first-order chi connectivity index (χ1) is 16.4. The molecule has 1 aliphatic heterocycles. The van der Waals surface area contributed by atoms with E-state index in [4.69, 9.17) is 20.4 Å². The molecule has 4 aromatic rings. The molecule has 2 aromatic heterocycles. The fourth-order valence-corrected chi connectivity index (χ4v) is 5.23. The highest BCUT2D eigenvalue weighted by molar-refractivity contribution is 7.91. The van der Waals surface area contributed by atoms with Crippen molar-refractivity contribution < 1.29 is 22.0 Å². The fraction of sp³-hybridized carbons (Fsp3) is 0.167. The Morgan fingerprint density at radius 2 is 1.62 bits per heavy atom. The minimum Gasteiger partial charge on any atom is -0.459 e. The fourth-order valence-electron chi connectivity index (χ4n) is 3.78. The summed E-state index contributed by atoms with van der Waals surface area (Å²) >= 11 is 5.93. The predicted molar refractivity (Wildman–Crippen MR) is 126 cm³/mol. The molecule has 8 nitrogen and oxygen atoms in total. The van der Waals surface area contributed by atoms with Crippen molar-refractivity contribution in [3.8, 4) is 11.7 Å². The van der Waals surface area contributed by atoms with Gasteiger partial charge in [0.2, 0.25) is 20.7 Å². The molecule has 3 heterocycles. The molecule has 174 valence electrons. The molecule has 34 heavy (non-hydrogen) atoms. The van der Waals surface area contributed by atoms with Gasteiger partial charge in [-0.1, -0.05) is 29.8 Å². The Labute approximate surface area is 201 Å². The Kier molecular flexibility index (Phi) is 5.89. The topological polar surface area (TPSA) is 96.9 Å². The van der Waals surface area contributed by atoms with E-state index in [1.54, 1.807) is 34.1 Å². The minimum absolute atomic E-state index is 0.0512. The number of furan rings is 1. The highest BCUT2D eigenvalue weighted by Crippen LogP contribution is 2.35. The van der Waals surface area contributed by atoms with E-state index in [9.17, 15) is 13.2 Å². The molecule has 2 aromatic carbocycles. The number of halogens is 1. The van der Waals surface area contributed by atoms with Gasteiger partial charge in [0.25, 0.3) is 11.8 Å². The Morgan fingerprint density at radius 1 is 0.912 bits per heavy atom. The Hall–Kier alpha value is -3.56. The molecule has 0 atom stereocenters. The Balaban J connectivity index is 1.45. The van der Waals surface area contributed by atoms with Gasteiger partial charge in [0.1, 0.15) is 0 Å². The number of hydrogen-bond acceptors (Lipinski definition) is 7. The number of hydrogen-bond donors (Lipinski definition) is 0. The first kappa shape index (κ1) is 22.2. The van der Waals surface area contributed by atoms with E-state index in [1.165, 1.54) is 30.5 Å². The third kappa shape index (κ3) is 4.20. The third-order valence-electron chi connectivity index (χ3n) is 5.56. The van der Waals surface area contributed by atoms with Crippen molar-refractivity contribution in [3.63, 3.8) is 0 Å². The summed E-state index contributed by atoms with van der Waals surface area (Å²) in [6.07, 6.45) is 1.46. The molecule has 1 saturated heterocycles. The quantitative estimate of drug-likeness (QED) is 0.403. The van der Waals surface area contributed by atoms with Crippen LogP contribution < -0.4 is 4.90 Å². The van der Waals surface area contributed by atoms with Crippen LogP contribution >= 0.6 is 11.6 Å². The van der Waals surface area contributed by atoms with Crippen LogP contribution in [0.2, 0.25) is 5.02 Å². The molecular weight excluding hydrogens is 478 g/mol. The van der Waals surface area contributed by atoms with E-state index in [0.717, 1.165) is 0 Å². The van der Waals surface area contributed by atoms with Crippen molar-refractivity contribution in [2.75, 3.05) is 31.1 Å². The number of piperazine rings is 1. The van der Waals surface area contributed by atoms with Crippen LogP contribution in [0.1, 0.15) is 10.4 Å². The van der Waals surface area contributed by atoms with Gasteiger partial charge in [0, 0.05) is 36.8 Å². The third-order valence-corrected chi connectivity index (χ3v) is 7.48. The van der Waals surface area contributed by atoms with Crippen LogP contribution in [0.25, 0.3) is 11.7 Å². The number of oxazole rings is 1. The normalized spacial score (nSPS) is 14.4. The van der Waals surface area contributed by atoms with E-state index in [1.807, 2.05) is 18.2 Å². The van der Waals surface area contributed by atoms with E-state index in [2.05, 4.69) is 4.98 Å². The summed E-state index contributed by atoms with van der Waals surface area (Å²) in [6.45, 7) is 1.58. The van der Waals surface area contributed by atoms with Gasteiger partial charge in [-0.25, -0.2) is 8.42 Å². The van der Waals surface area contributed by atoms with Gasteiger partial charge in [-0.15, -0.1) is 0 Å².